The summed E-state index contributed by atoms with van der Waals surface area (Å²) in [5, 5.41) is 7.11. The standard InChI is InChI=1S/C17H36N2/c1-16(2)9-5-3-4-6-12-18-13-7-10-17-11-8-14-19-15-17/h16-19H,3-15H2,1-2H3. The zero-order valence-corrected chi connectivity index (χ0v) is 13.3. The molecule has 0 spiro atoms. The van der Waals surface area contributed by atoms with Gasteiger partial charge in [0.25, 0.3) is 0 Å². The quantitative estimate of drug-likeness (QED) is 0.554. The second-order valence-corrected chi connectivity index (χ2v) is 6.70. The summed E-state index contributed by atoms with van der Waals surface area (Å²) in [5.41, 5.74) is 0. The van der Waals surface area contributed by atoms with Gasteiger partial charge in [-0.1, -0.05) is 39.5 Å². The first-order valence-corrected chi connectivity index (χ1v) is 8.70. The van der Waals surface area contributed by atoms with E-state index in [1.807, 2.05) is 0 Å². The van der Waals surface area contributed by atoms with E-state index in [9.17, 15) is 0 Å². The van der Waals surface area contributed by atoms with Gasteiger partial charge in [-0.25, -0.2) is 0 Å². The van der Waals surface area contributed by atoms with Crippen LogP contribution in [0.3, 0.4) is 0 Å². The van der Waals surface area contributed by atoms with E-state index < -0.39 is 0 Å². The molecule has 1 rings (SSSR count). The smallest absolute Gasteiger partial charge is 0.00205 e. The van der Waals surface area contributed by atoms with Gasteiger partial charge in [0.2, 0.25) is 0 Å². The van der Waals surface area contributed by atoms with Gasteiger partial charge in [0.15, 0.2) is 0 Å². The van der Waals surface area contributed by atoms with Crippen molar-refractivity contribution in [2.75, 3.05) is 26.2 Å². The van der Waals surface area contributed by atoms with E-state index in [2.05, 4.69) is 24.5 Å². The van der Waals surface area contributed by atoms with Crippen molar-refractivity contribution in [2.45, 2.75) is 71.6 Å². The van der Waals surface area contributed by atoms with Crippen LogP contribution in [0.15, 0.2) is 0 Å². The van der Waals surface area contributed by atoms with Gasteiger partial charge in [0, 0.05) is 0 Å². The molecule has 0 aliphatic carbocycles. The lowest BCUT2D eigenvalue weighted by atomic mass is 9.95. The number of unbranched alkanes of at least 4 members (excludes halogenated alkanes) is 3. The molecule has 0 aromatic carbocycles. The molecule has 0 aromatic heterocycles. The summed E-state index contributed by atoms with van der Waals surface area (Å²) in [6.07, 6.45) is 12.6. The summed E-state index contributed by atoms with van der Waals surface area (Å²) in [4.78, 5) is 0. The second kappa shape index (κ2) is 11.7. The molecular weight excluding hydrogens is 232 g/mol. The van der Waals surface area contributed by atoms with Crippen LogP contribution in [-0.2, 0) is 0 Å². The maximum absolute atomic E-state index is 3.60. The molecule has 2 heteroatoms. The average Bonchev–Trinajstić information content (AvgIpc) is 2.42. The van der Waals surface area contributed by atoms with Gasteiger partial charge in [0.1, 0.15) is 0 Å². The number of nitrogens with one attached hydrogen (secondary N) is 2. The van der Waals surface area contributed by atoms with Crippen LogP contribution in [0.25, 0.3) is 0 Å². The maximum Gasteiger partial charge on any atom is -0.00205 e. The first-order valence-electron chi connectivity index (χ1n) is 8.70. The SMILES string of the molecule is CC(C)CCCCCCNCCCC1CCCNC1. The van der Waals surface area contributed by atoms with Crippen molar-refractivity contribution in [2.24, 2.45) is 11.8 Å². The minimum absolute atomic E-state index is 0.882. The lowest BCUT2D eigenvalue weighted by Gasteiger charge is -2.22. The minimum Gasteiger partial charge on any atom is -0.317 e. The average molecular weight is 268 g/mol. The molecule has 0 bridgehead atoms. The Morgan fingerprint density at radius 2 is 1.84 bits per heavy atom. The molecule has 1 aliphatic rings. The normalized spacial score (nSPS) is 20.1. The van der Waals surface area contributed by atoms with Crippen LogP contribution in [0, 0.1) is 11.8 Å². The van der Waals surface area contributed by atoms with Crippen molar-refractivity contribution in [3.05, 3.63) is 0 Å². The minimum atomic E-state index is 0.882. The Morgan fingerprint density at radius 3 is 2.58 bits per heavy atom. The molecule has 1 fully saturated rings. The molecule has 0 amide bonds. The van der Waals surface area contributed by atoms with Gasteiger partial charge in [-0.2, -0.15) is 0 Å². The lowest BCUT2D eigenvalue weighted by Crippen LogP contribution is -2.30. The van der Waals surface area contributed by atoms with Gasteiger partial charge in [-0.3, -0.25) is 0 Å². The third-order valence-corrected chi connectivity index (χ3v) is 4.25. The Kier molecular flexibility index (Phi) is 10.5. The highest BCUT2D eigenvalue weighted by Gasteiger charge is 2.11. The molecule has 2 nitrogen and oxygen atoms in total. The molecule has 2 N–H and O–H groups in total. The molecule has 0 saturated carbocycles. The number of rotatable bonds is 11. The van der Waals surface area contributed by atoms with E-state index in [-0.39, 0.29) is 0 Å². The highest BCUT2D eigenvalue weighted by Crippen LogP contribution is 2.15. The van der Waals surface area contributed by atoms with E-state index in [0.29, 0.717) is 0 Å². The summed E-state index contributed by atoms with van der Waals surface area (Å²) in [6.45, 7) is 9.60. The Hall–Kier alpha value is -0.0800. The largest absolute Gasteiger partial charge is 0.317 e. The van der Waals surface area contributed by atoms with Gasteiger partial charge in [-0.15, -0.1) is 0 Å². The number of piperidine rings is 1. The highest BCUT2D eigenvalue weighted by atomic mass is 14.9. The van der Waals surface area contributed by atoms with Gasteiger partial charge in [-0.05, 0) is 70.1 Å². The van der Waals surface area contributed by atoms with E-state index in [1.165, 1.54) is 84.0 Å². The summed E-state index contributed by atoms with van der Waals surface area (Å²) in [6, 6.07) is 0. The van der Waals surface area contributed by atoms with E-state index >= 15 is 0 Å². The number of hydrogen-bond acceptors (Lipinski definition) is 2. The molecule has 1 aliphatic heterocycles. The van der Waals surface area contributed by atoms with E-state index in [1.54, 1.807) is 0 Å². The molecule has 0 radical (unpaired) electrons. The lowest BCUT2D eigenvalue weighted by molar-refractivity contribution is 0.348. The van der Waals surface area contributed by atoms with E-state index in [4.69, 9.17) is 0 Å². The highest BCUT2D eigenvalue weighted by molar-refractivity contribution is 4.69. The van der Waals surface area contributed by atoms with Crippen LogP contribution in [-0.4, -0.2) is 26.2 Å². The van der Waals surface area contributed by atoms with Crippen LogP contribution >= 0.6 is 0 Å². The van der Waals surface area contributed by atoms with Crippen LogP contribution in [0.1, 0.15) is 71.6 Å². The van der Waals surface area contributed by atoms with Gasteiger partial charge >= 0.3 is 0 Å². The molecule has 0 aromatic rings. The fraction of sp³-hybridized carbons (Fsp3) is 1.00. The van der Waals surface area contributed by atoms with Crippen LogP contribution in [0.4, 0.5) is 0 Å². The van der Waals surface area contributed by atoms with Crippen molar-refractivity contribution in [1.82, 2.24) is 10.6 Å². The van der Waals surface area contributed by atoms with Crippen molar-refractivity contribution < 1.29 is 0 Å². The third kappa shape index (κ3) is 10.4. The zero-order chi connectivity index (χ0) is 13.8. The van der Waals surface area contributed by atoms with Gasteiger partial charge in [0.05, 0.1) is 0 Å². The topological polar surface area (TPSA) is 24.1 Å². The fourth-order valence-electron chi connectivity index (χ4n) is 2.97. The predicted molar refractivity (Wildman–Crippen MR) is 85.6 cm³/mol. The molecule has 1 heterocycles. The number of hydrogen-bond donors (Lipinski definition) is 2. The van der Waals surface area contributed by atoms with Crippen LogP contribution in [0.2, 0.25) is 0 Å². The first kappa shape index (κ1) is 17.0. The van der Waals surface area contributed by atoms with Crippen molar-refractivity contribution in [3.63, 3.8) is 0 Å². The predicted octanol–water partition coefficient (Wildman–Crippen LogP) is 3.96. The summed E-state index contributed by atoms with van der Waals surface area (Å²) >= 11 is 0. The molecule has 114 valence electrons. The molecule has 1 unspecified atom stereocenters. The third-order valence-electron chi connectivity index (χ3n) is 4.25. The van der Waals surface area contributed by atoms with Gasteiger partial charge < -0.3 is 10.6 Å². The molecule has 19 heavy (non-hydrogen) atoms. The Bertz CT molecular complexity index is 186. The summed E-state index contributed by atoms with van der Waals surface area (Å²) in [5.74, 6) is 1.83. The summed E-state index contributed by atoms with van der Waals surface area (Å²) < 4.78 is 0. The van der Waals surface area contributed by atoms with Crippen LogP contribution < -0.4 is 10.6 Å². The Balaban J connectivity index is 1.73. The first-order chi connectivity index (χ1) is 9.29. The van der Waals surface area contributed by atoms with Crippen molar-refractivity contribution in [1.29, 1.82) is 0 Å². The summed E-state index contributed by atoms with van der Waals surface area (Å²) in [7, 11) is 0. The Morgan fingerprint density at radius 1 is 1.05 bits per heavy atom. The molecular formula is C17H36N2. The Labute approximate surface area is 121 Å². The molecule has 1 saturated heterocycles. The fourth-order valence-corrected chi connectivity index (χ4v) is 2.97. The van der Waals surface area contributed by atoms with Crippen molar-refractivity contribution in [3.8, 4) is 0 Å². The van der Waals surface area contributed by atoms with Crippen molar-refractivity contribution >= 4 is 0 Å². The monoisotopic (exact) mass is 268 g/mol. The van der Waals surface area contributed by atoms with E-state index in [0.717, 1.165) is 11.8 Å². The maximum atomic E-state index is 3.60. The van der Waals surface area contributed by atoms with Crippen LogP contribution in [0.5, 0.6) is 0 Å². The second-order valence-electron chi connectivity index (χ2n) is 6.70. The molecule has 1 atom stereocenters. The zero-order valence-electron chi connectivity index (χ0n) is 13.3.